The minimum Gasteiger partial charge on any atom is -0.391 e. The highest BCUT2D eigenvalue weighted by Gasteiger charge is 2.44. The number of β-amino-alcohol motifs (C(OH)–C–C–N with tert-alkyl or cyclic N) is 1. The summed E-state index contributed by atoms with van der Waals surface area (Å²) in [6.45, 7) is 10.9. The molecule has 3 fully saturated rings. The van der Waals surface area contributed by atoms with Crippen molar-refractivity contribution < 1.29 is 33.4 Å². The van der Waals surface area contributed by atoms with Gasteiger partial charge in [0.25, 0.3) is 0 Å². The third-order valence-corrected chi connectivity index (χ3v) is 15.4. The maximum absolute atomic E-state index is 14.2. The van der Waals surface area contributed by atoms with Crippen LogP contribution in [0, 0.1) is 24.1 Å². The van der Waals surface area contributed by atoms with Crippen molar-refractivity contribution >= 4 is 52.0 Å². The summed E-state index contributed by atoms with van der Waals surface area (Å²) in [5.41, 5.74) is 7.44. The number of imidazole rings is 1. The number of carbonyl (C=O) groups is 4. The predicted molar refractivity (Wildman–Crippen MR) is 275 cm³/mol. The van der Waals surface area contributed by atoms with Crippen LogP contribution in [0.3, 0.4) is 0 Å². The Morgan fingerprint density at radius 2 is 1.71 bits per heavy atom. The predicted octanol–water partition coefficient (Wildman–Crippen LogP) is 7.93. The van der Waals surface area contributed by atoms with E-state index in [1.165, 1.54) is 11.0 Å². The number of thiazole rings is 1. The second-order valence-corrected chi connectivity index (χ2v) is 21.3. The molecule has 2 amide bonds. The summed E-state index contributed by atoms with van der Waals surface area (Å²) >= 11 is 1.59. The zero-order chi connectivity index (χ0) is 50.5. The molecule has 72 heavy (non-hydrogen) atoms. The number of Topliss-reactive ketones (excluding diaryl/α,β-unsaturated/α-hetero) is 2. The number of fused-ring (bicyclic) bond motifs is 1. The molecule has 1 N–H and O–H groups in total. The molecule has 3 saturated heterocycles. The molecule has 0 bridgehead atoms. The van der Waals surface area contributed by atoms with Crippen LogP contribution >= 0.6 is 11.3 Å². The molecule has 15 nitrogen and oxygen atoms in total. The number of aromatic nitrogens is 5. The van der Waals surface area contributed by atoms with Crippen LogP contribution in [-0.4, -0.2) is 127 Å². The van der Waals surface area contributed by atoms with E-state index < -0.39 is 23.5 Å². The summed E-state index contributed by atoms with van der Waals surface area (Å²) in [5.74, 6) is 0.0670. The van der Waals surface area contributed by atoms with Gasteiger partial charge in [-0.2, -0.15) is 0 Å². The summed E-state index contributed by atoms with van der Waals surface area (Å²) in [4.78, 5) is 77.1. The second-order valence-electron chi connectivity index (χ2n) is 20.4. The van der Waals surface area contributed by atoms with Crippen LogP contribution in [0.25, 0.3) is 27.5 Å². The van der Waals surface area contributed by atoms with E-state index in [4.69, 9.17) is 14.8 Å². The van der Waals surface area contributed by atoms with E-state index in [0.717, 1.165) is 69.7 Å². The van der Waals surface area contributed by atoms with Crippen molar-refractivity contribution in [2.45, 2.75) is 97.2 Å². The van der Waals surface area contributed by atoms with Gasteiger partial charge in [-0.3, -0.25) is 19.2 Å². The number of nitrogens with zero attached hydrogens (tertiary/aromatic N) is 9. The molecule has 17 heteroatoms. The summed E-state index contributed by atoms with van der Waals surface area (Å²) in [7, 11) is 0. The Morgan fingerprint density at radius 1 is 0.917 bits per heavy atom. The first-order valence-corrected chi connectivity index (χ1v) is 26.1. The van der Waals surface area contributed by atoms with Crippen LogP contribution in [0.2, 0.25) is 0 Å². The summed E-state index contributed by atoms with van der Waals surface area (Å²) in [6, 6.07) is 24.0. The highest BCUT2D eigenvalue weighted by molar-refractivity contribution is 7.13. The van der Waals surface area contributed by atoms with Gasteiger partial charge in [-0.1, -0.05) is 63.2 Å². The number of likely N-dealkylation sites (tertiary alicyclic amines) is 1. The molecule has 378 valence electrons. The highest BCUT2D eigenvalue weighted by atomic mass is 32.1. The lowest BCUT2D eigenvalue weighted by Gasteiger charge is -2.35. The van der Waals surface area contributed by atoms with Crippen molar-refractivity contribution in [3.63, 3.8) is 0 Å². The number of hydrogen-bond donors (Lipinski definition) is 1. The number of aliphatic hydroxyl groups excluding tert-OH is 1. The van der Waals surface area contributed by atoms with Gasteiger partial charge >= 0.3 is 0 Å². The molecule has 4 aromatic heterocycles. The number of hydrogen-bond acceptors (Lipinski definition) is 13. The summed E-state index contributed by atoms with van der Waals surface area (Å²) in [5, 5.41) is 15.7. The van der Waals surface area contributed by atoms with Crippen LogP contribution in [0.1, 0.15) is 88.6 Å². The smallest absolute Gasteiger partial charge is 0.248 e. The normalized spacial score (nSPS) is 18.8. The van der Waals surface area contributed by atoms with Crippen LogP contribution in [0.4, 0.5) is 16.0 Å². The van der Waals surface area contributed by atoms with Gasteiger partial charge in [-0.05, 0) is 91.1 Å². The molecule has 0 unspecified atom stereocenters. The maximum atomic E-state index is 14.2. The number of rotatable bonds is 18. The van der Waals surface area contributed by atoms with E-state index in [0.29, 0.717) is 44.7 Å². The third-order valence-electron chi connectivity index (χ3n) is 14.4. The molecular formula is C55H64FN9O6S. The average Bonchev–Trinajstić information content (AvgIpc) is 4.21. The van der Waals surface area contributed by atoms with Gasteiger partial charge in [0, 0.05) is 77.5 Å². The fourth-order valence-corrected chi connectivity index (χ4v) is 11.1. The fourth-order valence-electron chi connectivity index (χ4n) is 10.3. The van der Waals surface area contributed by atoms with E-state index in [1.807, 2.05) is 98.4 Å². The number of pyridine rings is 1. The molecule has 9 rings (SSSR count). The second kappa shape index (κ2) is 22.1. The summed E-state index contributed by atoms with van der Waals surface area (Å²) in [6.07, 6.45) is 4.39. The first-order valence-electron chi connectivity index (χ1n) is 25.2. The van der Waals surface area contributed by atoms with Gasteiger partial charge in [-0.15, -0.1) is 16.4 Å². The van der Waals surface area contributed by atoms with Crippen molar-refractivity contribution in [1.29, 1.82) is 0 Å². The van der Waals surface area contributed by atoms with Crippen LogP contribution < -0.4 is 9.80 Å². The molecule has 3 aliphatic heterocycles. The van der Waals surface area contributed by atoms with E-state index >= 15 is 0 Å². The van der Waals surface area contributed by atoms with E-state index in [9.17, 15) is 28.7 Å². The molecular weight excluding hydrogens is 934 g/mol. The molecule has 7 heterocycles. The minimum atomic E-state index is -0.812. The lowest BCUT2D eigenvalue weighted by molar-refractivity contribution is -0.146. The van der Waals surface area contributed by atoms with Gasteiger partial charge in [-0.25, -0.2) is 23.9 Å². The molecule has 0 aliphatic carbocycles. The van der Waals surface area contributed by atoms with Crippen molar-refractivity contribution in [3.8, 4) is 21.8 Å². The SMILES string of the molecule is Cc1ncsc1-c1ccc(CCC(=O)[C@@H]2C[C@@H](O)CN2C(=O)[C@@H](CC(=O)CCCOCC(=O)N2CCN(c3cccc(-c4cnc5ccc(N6CCC[C@@H]6c6cccc(F)c6)nn45)n3)CC2)C(C)(C)C)cc1. The van der Waals surface area contributed by atoms with Crippen molar-refractivity contribution in [2.24, 2.45) is 11.3 Å². The average molecular weight is 998 g/mol. The largest absolute Gasteiger partial charge is 0.391 e. The van der Waals surface area contributed by atoms with E-state index in [1.54, 1.807) is 34.6 Å². The number of benzene rings is 2. The molecule has 6 aromatic rings. The lowest BCUT2D eigenvalue weighted by Crippen LogP contribution is -2.50. The molecule has 0 saturated carbocycles. The number of halogens is 1. The Bertz CT molecular complexity index is 2890. The number of aliphatic hydroxyl groups is 1. The number of carbonyl (C=O) groups excluding carboxylic acids is 4. The summed E-state index contributed by atoms with van der Waals surface area (Å²) < 4.78 is 21.7. The van der Waals surface area contributed by atoms with E-state index in [2.05, 4.69) is 19.8 Å². The Kier molecular flexibility index (Phi) is 15.5. The molecule has 4 atom stereocenters. The van der Waals surface area contributed by atoms with Gasteiger partial charge in [0.1, 0.15) is 35.5 Å². The monoisotopic (exact) mass is 997 g/mol. The molecule has 0 spiro atoms. The van der Waals surface area contributed by atoms with Crippen LogP contribution in [0.15, 0.2) is 90.6 Å². The number of ether oxygens (including phenoxy) is 1. The number of ketones is 2. The topological polar surface area (TPSA) is 167 Å². The van der Waals surface area contributed by atoms with Gasteiger partial charge < -0.3 is 29.4 Å². The maximum Gasteiger partial charge on any atom is 0.248 e. The first-order chi connectivity index (χ1) is 34.7. The first kappa shape index (κ1) is 50.5. The van der Waals surface area contributed by atoms with Crippen LogP contribution in [0.5, 0.6) is 0 Å². The van der Waals surface area contributed by atoms with Gasteiger partial charge in [0.2, 0.25) is 11.8 Å². The molecule has 3 aliphatic rings. The zero-order valence-electron chi connectivity index (χ0n) is 41.6. The van der Waals surface area contributed by atoms with Gasteiger partial charge in [0.05, 0.1) is 46.2 Å². The third kappa shape index (κ3) is 11.6. The Hall–Kier alpha value is -6.43. The van der Waals surface area contributed by atoms with Crippen molar-refractivity contribution in [1.82, 2.24) is 34.4 Å². The van der Waals surface area contributed by atoms with Crippen molar-refractivity contribution in [3.05, 3.63) is 113 Å². The quantitative estimate of drug-likeness (QED) is 0.0828. The lowest BCUT2D eigenvalue weighted by atomic mass is 9.76. The highest BCUT2D eigenvalue weighted by Crippen LogP contribution is 2.37. The number of piperazine rings is 1. The zero-order valence-corrected chi connectivity index (χ0v) is 42.4. The minimum absolute atomic E-state index is 0.0116. The number of aryl methyl sites for hydroxylation is 2. The Labute approximate surface area is 424 Å². The Morgan fingerprint density at radius 3 is 2.46 bits per heavy atom. The Balaban J connectivity index is 0.717. The number of anilines is 2. The molecule has 2 aromatic carbocycles. The van der Waals surface area contributed by atoms with Crippen molar-refractivity contribution in [2.75, 3.05) is 62.3 Å². The number of amides is 2. The van der Waals surface area contributed by atoms with E-state index in [-0.39, 0.29) is 80.7 Å². The van der Waals surface area contributed by atoms with Gasteiger partial charge in [0.15, 0.2) is 11.4 Å². The molecule has 0 radical (unpaired) electrons. The van der Waals surface area contributed by atoms with Crippen LogP contribution in [-0.2, 0) is 30.3 Å². The standard InChI is InChI=1S/C55H64FN9O6S/c1-36-53(72-35-58-36)38-18-15-37(16-19-38)17-20-48(68)46-31-42(67)33-64(46)54(70)43(55(2,3)4)30-41(66)11-8-28-71-34-52(69)62-26-24-61(25-27-62)50-14-6-12-44(59-50)47-32-57-49-21-22-51(60-65(47)49)63-23-7-13-45(63)39-9-5-10-40(56)29-39/h5-6,9-10,12,14-16,18-19,21-22,29,32,35,42-43,45-46,67H,7-8,11,13,17,20,23-28,30-31,33-34H2,1-4H3/t42-,43-,45-,46+/m1/s1. The fraction of sp³-hybridized carbons (Fsp3) is 0.455.